The highest BCUT2D eigenvalue weighted by Gasteiger charge is 2.32. The molecular formula is C29H44N10O17S3. The van der Waals surface area contributed by atoms with E-state index >= 15 is 0 Å². The normalized spacial score (nSPS) is 13.6. The summed E-state index contributed by atoms with van der Waals surface area (Å²) in [5.74, 6) is -12.1. The zero-order chi connectivity index (χ0) is 44.9. The fourth-order valence-electron chi connectivity index (χ4n) is 4.47. The summed E-state index contributed by atoms with van der Waals surface area (Å²) in [6, 6.07) is -6.98. The zero-order valence-electron chi connectivity index (χ0n) is 30.7. The fraction of sp³-hybridized carbons (Fsp3) is 0.586. The van der Waals surface area contributed by atoms with Crippen LogP contribution in [0.5, 0.6) is 0 Å². The number of aromatic nitrogens is 2. The number of nitrogens with zero attached hydrogens (tertiary/aromatic N) is 2. The van der Waals surface area contributed by atoms with Crippen LogP contribution in [0.1, 0.15) is 57.8 Å². The van der Waals surface area contributed by atoms with E-state index < -0.39 is 136 Å². The van der Waals surface area contributed by atoms with Crippen molar-refractivity contribution in [2.24, 2.45) is 5.14 Å². The van der Waals surface area contributed by atoms with Gasteiger partial charge in [0.25, 0.3) is 10.0 Å². The van der Waals surface area contributed by atoms with E-state index in [1.807, 2.05) is 10.6 Å². The van der Waals surface area contributed by atoms with E-state index in [-0.39, 0.29) is 37.4 Å². The van der Waals surface area contributed by atoms with Gasteiger partial charge in [-0.05, 0) is 12.8 Å². The van der Waals surface area contributed by atoms with Crippen LogP contribution >= 0.6 is 24.0 Å². The van der Waals surface area contributed by atoms with Gasteiger partial charge in [-0.3, -0.25) is 48.5 Å². The number of aliphatic carboxylic acids is 4. The Bertz CT molecular complexity index is 1810. The molecule has 0 fully saturated rings. The Morgan fingerprint density at radius 3 is 1.75 bits per heavy atom. The summed E-state index contributed by atoms with van der Waals surface area (Å²) in [7, 11) is -4.09. The molecule has 0 saturated carbocycles. The number of carbonyl (C=O) groups is 10. The third kappa shape index (κ3) is 21.7. The molecule has 0 aliphatic rings. The van der Waals surface area contributed by atoms with Gasteiger partial charge in [-0.25, -0.2) is 18.4 Å². The number of sulfonamides is 1. The van der Waals surface area contributed by atoms with Crippen molar-refractivity contribution in [3.63, 3.8) is 0 Å². The van der Waals surface area contributed by atoms with E-state index in [9.17, 15) is 71.7 Å². The minimum atomic E-state index is -4.09. The molecule has 30 heteroatoms. The molecule has 0 aromatic carbocycles. The summed E-state index contributed by atoms with van der Waals surface area (Å²) in [6.07, 6.45) is -4.50. The molecule has 330 valence electrons. The molecule has 59 heavy (non-hydrogen) atoms. The molecule has 1 rings (SSSR count). The highest BCUT2D eigenvalue weighted by atomic mass is 32.2. The number of hydrogen-bond acceptors (Lipinski definition) is 18. The third-order valence-electron chi connectivity index (χ3n) is 7.28. The van der Waals surface area contributed by atoms with Crippen molar-refractivity contribution in [3.05, 3.63) is 0 Å². The fourth-order valence-corrected chi connectivity index (χ4v) is 6.06. The van der Waals surface area contributed by atoms with Crippen molar-refractivity contribution in [1.29, 1.82) is 0 Å². The predicted molar refractivity (Wildman–Crippen MR) is 201 cm³/mol. The lowest BCUT2D eigenvalue weighted by Gasteiger charge is -2.25. The summed E-state index contributed by atoms with van der Waals surface area (Å²) < 4.78 is 22.0. The van der Waals surface area contributed by atoms with E-state index in [0.29, 0.717) is 24.2 Å². The monoisotopic (exact) mass is 900 g/mol. The maximum atomic E-state index is 12.9. The third-order valence-corrected chi connectivity index (χ3v) is 9.79. The number of aliphatic hydroxyl groups excluding tert-OH is 1. The largest absolute Gasteiger partial charge is 0.481 e. The lowest BCUT2D eigenvalue weighted by atomic mass is 10.1. The molecule has 0 aliphatic carbocycles. The van der Waals surface area contributed by atoms with Crippen LogP contribution < -0.4 is 42.4 Å². The molecule has 1 unspecified atom stereocenters. The first-order valence-corrected chi connectivity index (χ1v) is 20.1. The van der Waals surface area contributed by atoms with E-state index in [4.69, 9.17) is 15.4 Å². The number of anilines is 1. The van der Waals surface area contributed by atoms with Crippen LogP contribution in [0.2, 0.25) is 0 Å². The molecule has 6 amide bonds. The van der Waals surface area contributed by atoms with Gasteiger partial charge in [0.15, 0.2) is 0 Å². The number of rotatable bonds is 29. The summed E-state index contributed by atoms with van der Waals surface area (Å²) in [4.78, 5) is 120. The van der Waals surface area contributed by atoms with Gasteiger partial charge in [-0.2, -0.15) is 12.6 Å². The molecule has 1 heterocycles. The van der Waals surface area contributed by atoms with Crippen molar-refractivity contribution in [1.82, 2.24) is 42.1 Å². The van der Waals surface area contributed by atoms with E-state index in [1.165, 1.54) is 0 Å². The lowest BCUT2D eigenvalue weighted by Crippen LogP contribution is -2.58. The van der Waals surface area contributed by atoms with Crippen molar-refractivity contribution >= 4 is 98.4 Å². The zero-order valence-corrected chi connectivity index (χ0v) is 33.3. The van der Waals surface area contributed by atoms with Crippen LogP contribution in [0.25, 0.3) is 0 Å². The van der Waals surface area contributed by atoms with Crippen molar-refractivity contribution < 1.29 is 81.9 Å². The molecule has 27 nitrogen and oxygen atoms in total. The Morgan fingerprint density at radius 1 is 0.661 bits per heavy atom. The summed E-state index contributed by atoms with van der Waals surface area (Å²) >= 11 is 4.29. The number of hydrogen-bond donors (Lipinski definition) is 14. The summed E-state index contributed by atoms with van der Waals surface area (Å²) in [5, 5.41) is 74.1. The van der Waals surface area contributed by atoms with Crippen LogP contribution in [-0.4, -0.2) is 153 Å². The number of nitrogens with one attached hydrogen (secondary N) is 7. The average Bonchev–Trinajstić information content (AvgIpc) is 3.61. The van der Waals surface area contributed by atoms with E-state index in [1.54, 1.807) is 0 Å². The molecule has 0 radical (unpaired) electrons. The minimum Gasteiger partial charge on any atom is -0.481 e. The minimum absolute atomic E-state index is 0.125. The molecule has 0 bridgehead atoms. The number of carbonyl (C=O) groups excluding carboxylic acids is 6. The number of amides is 6. The number of carboxylic acid groups (broad SMARTS) is 4. The Kier molecular flexibility index (Phi) is 22.4. The quantitative estimate of drug-likeness (QED) is 0.0155. The number of unbranched alkanes of at least 4 members (excludes halogenated alkanes) is 2. The van der Waals surface area contributed by atoms with Gasteiger partial charge in [0.2, 0.25) is 44.9 Å². The van der Waals surface area contributed by atoms with Gasteiger partial charge in [0.05, 0.1) is 31.8 Å². The molecular weight excluding hydrogens is 857 g/mol. The smallest absolute Gasteiger partial charge is 0.327 e. The highest BCUT2D eigenvalue weighted by molar-refractivity contribution is 7.91. The maximum absolute atomic E-state index is 12.9. The summed E-state index contributed by atoms with van der Waals surface area (Å²) in [5.41, 5.74) is 0. The molecule has 1 aromatic rings. The molecule has 14 N–H and O–H groups in total. The number of aliphatic hydroxyl groups is 1. The molecule has 0 spiro atoms. The Balaban J connectivity index is 2.60. The van der Waals surface area contributed by atoms with Gasteiger partial charge in [-0.1, -0.05) is 17.8 Å². The van der Waals surface area contributed by atoms with Gasteiger partial charge in [0, 0.05) is 31.6 Å². The second-order valence-corrected chi connectivity index (χ2v) is 15.2. The predicted octanol–water partition coefficient (Wildman–Crippen LogP) is -5.13. The SMILES string of the molecule is NS(=O)(=O)c1nnc(NC(=O)CCC(=O)NCCCCCC(=O)N[C@@H](CC(=O)O)C(=O)NCC(O)N[C@@H](CC(=O)O)C(=O)N[C@@H](CC(=O)O)C(=O)N[C@@H](CS)C(=O)O)s1. The first-order valence-electron chi connectivity index (χ1n) is 17.1. The number of nitrogens with two attached hydrogens (primary N) is 1. The standard InChI is InChI=1S/C29H44N10O17S3/c30-59(55,56)29-39-38-28(58-29)37-19(42)6-5-17(40)31-7-3-1-2-4-18(41)33-13(8-21(44)45)24(50)32-11-20(43)34-14(9-22(46)47)25(51)35-15(10-23(48)49)26(52)36-16(12-57)27(53)54/h13-16,20,34,43,57H,1-12H2,(H,31,40)(H,32,50)(H,33,41)(H,35,51)(H,36,52)(H,44,45)(H,46,47)(H,48,49)(H,53,54)(H2,30,55,56)(H,37,38,42)/t13-,14-,15-,16-,20?/m0/s1. The van der Waals surface area contributed by atoms with Gasteiger partial charge in [0.1, 0.15) is 24.4 Å². The Morgan fingerprint density at radius 2 is 1.20 bits per heavy atom. The van der Waals surface area contributed by atoms with E-state index in [0.717, 1.165) is 0 Å². The summed E-state index contributed by atoms with van der Waals surface area (Å²) in [6.45, 7) is -0.606. The first kappa shape index (κ1) is 51.5. The molecule has 1 aromatic heterocycles. The number of thiol groups is 1. The van der Waals surface area contributed by atoms with Crippen LogP contribution in [0.3, 0.4) is 0 Å². The van der Waals surface area contributed by atoms with Gasteiger partial charge in [-0.15, -0.1) is 10.2 Å². The van der Waals surface area contributed by atoms with Crippen LogP contribution in [0.4, 0.5) is 5.13 Å². The van der Waals surface area contributed by atoms with Crippen LogP contribution in [-0.2, 0) is 58.0 Å². The second-order valence-electron chi connectivity index (χ2n) is 12.2. The first-order chi connectivity index (χ1) is 27.5. The van der Waals surface area contributed by atoms with Crippen molar-refractivity contribution in [2.75, 3.05) is 24.2 Å². The average molecular weight is 901 g/mol. The molecule has 0 aliphatic heterocycles. The lowest BCUT2D eigenvalue weighted by molar-refractivity contribution is -0.144. The topological polar surface area (TPSA) is 442 Å². The second kappa shape index (κ2) is 25.7. The van der Waals surface area contributed by atoms with Crippen LogP contribution in [0, 0.1) is 0 Å². The van der Waals surface area contributed by atoms with E-state index in [2.05, 4.69) is 49.4 Å². The van der Waals surface area contributed by atoms with Gasteiger partial charge < -0.3 is 57.4 Å². The maximum Gasteiger partial charge on any atom is 0.327 e. The molecule has 5 atom stereocenters. The van der Waals surface area contributed by atoms with Crippen molar-refractivity contribution in [2.45, 2.75) is 92.5 Å². The number of primary sulfonamides is 1. The Hall–Kier alpha value is -5.56. The highest BCUT2D eigenvalue weighted by Crippen LogP contribution is 2.18. The number of carboxylic acids is 4. The molecule has 0 saturated heterocycles. The van der Waals surface area contributed by atoms with Gasteiger partial charge >= 0.3 is 23.9 Å². The van der Waals surface area contributed by atoms with Crippen molar-refractivity contribution in [3.8, 4) is 0 Å². The Labute approximate surface area is 343 Å². The van der Waals surface area contributed by atoms with Crippen LogP contribution in [0.15, 0.2) is 4.34 Å².